The zero-order valence-corrected chi connectivity index (χ0v) is 12.3. The van der Waals surface area contributed by atoms with E-state index in [1.807, 2.05) is 47.4 Å². The van der Waals surface area contributed by atoms with E-state index in [1.165, 1.54) is 0 Å². The third-order valence-electron chi connectivity index (χ3n) is 4.30. The van der Waals surface area contributed by atoms with Crippen LogP contribution in [0, 0.1) is 0 Å². The second-order valence-electron chi connectivity index (χ2n) is 5.71. The van der Waals surface area contributed by atoms with Gasteiger partial charge in [0.15, 0.2) is 6.10 Å². The quantitative estimate of drug-likeness (QED) is 0.876. The van der Waals surface area contributed by atoms with Gasteiger partial charge in [0.2, 0.25) is 0 Å². The van der Waals surface area contributed by atoms with Crippen molar-refractivity contribution in [2.24, 2.45) is 0 Å². The minimum Gasteiger partial charge on any atom is -0.480 e. The first-order valence-electron chi connectivity index (χ1n) is 7.67. The van der Waals surface area contributed by atoms with Crippen LogP contribution in [0.3, 0.4) is 0 Å². The van der Waals surface area contributed by atoms with Crippen LogP contribution in [0.2, 0.25) is 0 Å². The lowest BCUT2D eigenvalue weighted by molar-refractivity contribution is -0.124. The molecule has 0 aliphatic carbocycles. The Bertz CT molecular complexity index is 689. The maximum absolute atomic E-state index is 13.0. The lowest BCUT2D eigenvalue weighted by atomic mass is 10.1. The van der Waals surface area contributed by atoms with E-state index in [2.05, 4.69) is 11.4 Å². The molecule has 0 aromatic heterocycles. The minimum atomic E-state index is -0.413. The van der Waals surface area contributed by atoms with E-state index in [-0.39, 0.29) is 5.91 Å². The molecule has 1 N–H and O–H groups in total. The minimum absolute atomic E-state index is 0.0485. The molecule has 2 aromatic carbocycles. The van der Waals surface area contributed by atoms with Crippen LogP contribution in [-0.4, -0.2) is 25.1 Å². The van der Waals surface area contributed by atoms with Gasteiger partial charge in [-0.15, -0.1) is 0 Å². The highest BCUT2D eigenvalue weighted by Gasteiger charge is 2.33. The molecular weight excluding hydrogens is 276 g/mol. The predicted molar refractivity (Wildman–Crippen MR) is 85.1 cm³/mol. The number of anilines is 1. The Morgan fingerprint density at radius 1 is 1.09 bits per heavy atom. The number of rotatable bonds is 1. The molecule has 2 aliphatic heterocycles. The highest BCUT2D eigenvalue weighted by atomic mass is 16.5. The zero-order valence-electron chi connectivity index (χ0n) is 12.3. The van der Waals surface area contributed by atoms with Crippen molar-refractivity contribution in [3.8, 4) is 5.75 Å². The summed E-state index contributed by atoms with van der Waals surface area (Å²) in [6.07, 6.45) is 0.240. The lowest BCUT2D eigenvalue weighted by Gasteiger charge is -2.25. The fourth-order valence-corrected chi connectivity index (χ4v) is 3.18. The summed E-state index contributed by atoms with van der Waals surface area (Å²) in [4.78, 5) is 14.8. The number of hydrogen-bond donors (Lipinski definition) is 1. The Morgan fingerprint density at radius 3 is 2.73 bits per heavy atom. The van der Waals surface area contributed by atoms with Crippen molar-refractivity contribution in [3.05, 3.63) is 59.7 Å². The van der Waals surface area contributed by atoms with Gasteiger partial charge in [0.1, 0.15) is 5.75 Å². The largest absolute Gasteiger partial charge is 0.480 e. The molecule has 0 fully saturated rings. The van der Waals surface area contributed by atoms with E-state index in [0.717, 1.165) is 35.7 Å². The zero-order chi connectivity index (χ0) is 14.9. The topological polar surface area (TPSA) is 41.6 Å². The molecule has 0 bridgehead atoms. The lowest BCUT2D eigenvalue weighted by Crippen LogP contribution is -2.43. The molecule has 1 amide bonds. The summed E-state index contributed by atoms with van der Waals surface area (Å²) in [6, 6.07) is 16.0. The first-order chi connectivity index (χ1) is 10.8. The first kappa shape index (κ1) is 13.3. The van der Waals surface area contributed by atoms with E-state index in [1.54, 1.807) is 0 Å². The van der Waals surface area contributed by atoms with Crippen LogP contribution < -0.4 is 15.0 Å². The molecule has 4 rings (SSSR count). The summed E-state index contributed by atoms with van der Waals surface area (Å²) in [5.41, 5.74) is 3.27. The maximum Gasteiger partial charge on any atom is 0.268 e. The Kier molecular flexibility index (Phi) is 3.31. The van der Waals surface area contributed by atoms with Crippen molar-refractivity contribution < 1.29 is 9.53 Å². The molecule has 0 saturated carbocycles. The van der Waals surface area contributed by atoms with E-state index >= 15 is 0 Å². The van der Waals surface area contributed by atoms with E-state index in [4.69, 9.17) is 4.74 Å². The Hall–Kier alpha value is -2.33. The molecule has 4 heteroatoms. The van der Waals surface area contributed by atoms with Crippen molar-refractivity contribution in [2.75, 3.05) is 18.0 Å². The molecule has 0 spiro atoms. The summed E-state index contributed by atoms with van der Waals surface area (Å²) in [5.74, 6) is 0.884. The van der Waals surface area contributed by atoms with Crippen molar-refractivity contribution in [1.29, 1.82) is 0 Å². The maximum atomic E-state index is 13.0. The molecular formula is C18H18N2O2. The average molecular weight is 294 g/mol. The van der Waals surface area contributed by atoms with E-state index in [9.17, 15) is 4.79 Å². The van der Waals surface area contributed by atoms with Gasteiger partial charge in [0.25, 0.3) is 5.91 Å². The number of amides is 1. The molecule has 22 heavy (non-hydrogen) atoms. The van der Waals surface area contributed by atoms with Crippen LogP contribution >= 0.6 is 0 Å². The van der Waals surface area contributed by atoms with Crippen molar-refractivity contribution in [3.63, 3.8) is 0 Å². The van der Waals surface area contributed by atoms with Crippen LogP contribution in [-0.2, 0) is 17.8 Å². The standard InChI is InChI=1S/C18H18N2O2/c21-18(17-11-13-5-2-4-8-16(13)22-17)20-10-9-19-12-14-6-1-3-7-15(14)20/h1-8,17,19H,9-12H2. The molecule has 0 saturated heterocycles. The summed E-state index contributed by atoms with van der Waals surface area (Å²) >= 11 is 0. The Balaban J connectivity index is 1.61. The average Bonchev–Trinajstić information content (AvgIpc) is 2.87. The Labute approximate surface area is 129 Å². The normalized spacial score (nSPS) is 19.8. The molecule has 112 valence electrons. The summed E-state index contributed by atoms with van der Waals surface area (Å²) in [6.45, 7) is 2.26. The number of nitrogens with one attached hydrogen (secondary N) is 1. The van der Waals surface area contributed by atoms with E-state index < -0.39 is 6.10 Å². The molecule has 1 unspecified atom stereocenters. The van der Waals surface area contributed by atoms with Gasteiger partial charge in [-0.2, -0.15) is 0 Å². The number of nitrogens with zero attached hydrogens (tertiary/aromatic N) is 1. The monoisotopic (exact) mass is 294 g/mol. The van der Waals surface area contributed by atoms with Crippen molar-refractivity contribution in [1.82, 2.24) is 5.32 Å². The van der Waals surface area contributed by atoms with Crippen LogP contribution in [0.25, 0.3) is 0 Å². The van der Waals surface area contributed by atoms with Crippen molar-refractivity contribution >= 4 is 11.6 Å². The number of benzene rings is 2. The SMILES string of the molecule is O=C(C1Cc2ccccc2O1)N1CCNCc2ccccc21. The van der Waals surface area contributed by atoms with Gasteiger partial charge in [-0.05, 0) is 23.3 Å². The number of ether oxygens (including phenoxy) is 1. The molecule has 0 radical (unpaired) electrons. The van der Waals surface area contributed by atoms with Crippen LogP contribution in [0.15, 0.2) is 48.5 Å². The smallest absolute Gasteiger partial charge is 0.268 e. The molecule has 2 aromatic rings. The third-order valence-corrected chi connectivity index (χ3v) is 4.30. The summed E-state index contributed by atoms with van der Waals surface area (Å²) < 4.78 is 5.87. The first-order valence-corrected chi connectivity index (χ1v) is 7.67. The number of carbonyl (C=O) groups is 1. The number of carbonyl (C=O) groups excluding carboxylic acids is 1. The van der Waals surface area contributed by atoms with Crippen LogP contribution in [0.1, 0.15) is 11.1 Å². The summed E-state index contributed by atoms with van der Waals surface area (Å²) in [7, 11) is 0. The van der Waals surface area contributed by atoms with Gasteiger partial charge < -0.3 is 15.0 Å². The van der Waals surface area contributed by atoms with Crippen LogP contribution in [0.5, 0.6) is 5.75 Å². The Morgan fingerprint density at radius 2 is 1.86 bits per heavy atom. The fraction of sp³-hybridized carbons (Fsp3) is 0.278. The molecule has 2 aliphatic rings. The van der Waals surface area contributed by atoms with Crippen LogP contribution in [0.4, 0.5) is 5.69 Å². The second-order valence-corrected chi connectivity index (χ2v) is 5.71. The highest BCUT2D eigenvalue weighted by molar-refractivity contribution is 5.98. The van der Waals surface area contributed by atoms with Gasteiger partial charge in [0, 0.05) is 31.7 Å². The van der Waals surface area contributed by atoms with Crippen molar-refractivity contribution in [2.45, 2.75) is 19.1 Å². The van der Waals surface area contributed by atoms with E-state index in [0.29, 0.717) is 13.0 Å². The summed E-state index contributed by atoms with van der Waals surface area (Å²) in [5, 5.41) is 3.36. The van der Waals surface area contributed by atoms with Gasteiger partial charge >= 0.3 is 0 Å². The number of hydrogen-bond acceptors (Lipinski definition) is 3. The van der Waals surface area contributed by atoms with Gasteiger partial charge in [-0.3, -0.25) is 4.79 Å². The number of para-hydroxylation sites is 2. The van der Waals surface area contributed by atoms with Gasteiger partial charge in [-0.25, -0.2) is 0 Å². The molecule has 4 nitrogen and oxygen atoms in total. The van der Waals surface area contributed by atoms with Gasteiger partial charge in [0.05, 0.1) is 0 Å². The fourth-order valence-electron chi connectivity index (χ4n) is 3.18. The third kappa shape index (κ3) is 2.25. The van der Waals surface area contributed by atoms with Gasteiger partial charge in [-0.1, -0.05) is 36.4 Å². The predicted octanol–water partition coefficient (Wildman–Crippen LogP) is 2.13. The molecule has 1 atom stereocenters. The molecule has 2 heterocycles. The highest BCUT2D eigenvalue weighted by Crippen LogP contribution is 2.31. The second kappa shape index (κ2) is 5.46. The number of fused-ring (bicyclic) bond motifs is 2.